The number of hydrogen-bond acceptors (Lipinski definition) is 5. The van der Waals surface area contributed by atoms with Gasteiger partial charge in [-0.25, -0.2) is 0 Å². The maximum atomic E-state index is 9.90. The summed E-state index contributed by atoms with van der Waals surface area (Å²) in [5.74, 6) is 0.0460. The lowest BCUT2D eigenvalue weighted by molar-refractivity contribution is -0.191. The summed E-state index contributed by atoms with van der Waals surface area (Å²) in [4.78, 5) is 3.49. The van der Waals surface area contributed by atoms with Crippen LogP contribution in [0.2, 0.25) is 10.0 Å². The van der Waals surface area contributed by atoms with Gasteiger partial charge in [0, 0.05) is 22.2 Å². The van der Waals surface area contributed by atoms with Gasteiger partial charge in [0.15, 0.2) is 5.79 Å². The number of aliphatic hydroxyl groups excluding tert-OH is 1. The zero-order chi connectivity index (χ0) is 21.8. The summed E-state index contributed by atoms with van der Waals surface area (Å²) in [6.07, 6.45) is -1.55. The molecule has 5 nitrogen and oxygen atoms in total. The van der Waals surface area contributed by atoms with E-state index in [2.05, 4.69) is 17.1 Å². The number of H-pyrrole nitrogens is 1. The first-order valence-electron chi connectivity index (χ1n) is 10.2. The van der Waals surface area contributed by atoms with Crippen molar-refractivity contribution >= 4 is 45.9 Å². The van der Waals surface area contributed by atoms with Crippen LogP contribution in [0.3, 0.4) is 0 Å². The molecule has 0 saturated carbocycles. The smallest absolute Gasteiger partial charge is 0.164 e. The predicted octanol–water partition coefficient (Wildman–Crippen LogP) is 5.72. The van der Waals surface area contributed by atoms with E-state index >= 15 is 0 Å². The van der Waals surface area contributed by atoms with Gasteiger partial charge >= 0.3 is 0 Å². The largest absolute Gasteiger partial charge is 0.394 e. The first-order valence-corrected chi connectivity index (χ1v) is 11.9. The maximum Gasteiger partial charge on any atom is 0.164 e. The zero-order valence-corrected chi connectivity index (χ0v) is 19.4. The average Bonchev–Trinajstić information content (AvgIpc) is 3.35. The summed E-state index contributed by atoms with van der Waals surface area (Å²) in [7, 11) is 0. The van der Waals surface area contributed by atoms with Crippen LogP contribution in [0.25, 0.3) is 10.9 Å². The van der Waals surface area contributed by atoms with Crippen molar-refractivity contribution in [3.05, 3.63) is 63.6 Å². The van der Waals surface area contributed by atoms with E-state index in [-0.39, 0.29) is 18.8 Å². The van der Waals surface area contributed by atoms with Crippen LogP contribution in [0, 0.1) is 0 Å². The molecule has 2 N–H and O–H groups in total. The third kappa shape index (κ3) is 4.00. The van der Waals surface area contributed by atoms with Crippen molar-refractivity contribution in [3.8, 4) is 0 Å². The van der Waals surface area contributed by atoms with Crippen molar-refractivity contribution in [2.24, 2.45) is 0 Å². The molecule has 3 heterocycles. The normalized spacial score (nSPS) is 27.1. The number of ether oxygens (including phenoxy) is 3. The van der Waals surface area contributed by atoms with Crippen LogP contribution in [0.5, 0.6) is 0 Å². The van der Waals surface area contributed by atoms with Gasteiger partial charge < -0.3 is 24.3 Å². The number of rotatable bonds is 5. The molecule has 0 spiro atoms. The lowest BCUT2D eigenvalue weighted by Gasteiger charge is -2.24. The number of benzene rings is 2. The Hall–Kier alpha value is -1.25. The van der Waals surface area contributed by atoms with Gasteiger partial charge in [0.05, 0.1) is 21.7 Å². The molecule has 2 aliphatic rings. The molecule has 0 amide bonds. The summed E-state index contributed by atoms with van der Waals surface area (Å²) in [6.45, 7) is 3.63. The summed E-state index contributed by atoms with van der Waals surface area (Å²) in [5, 5.41) is 12.8. The van der Waals surface area contributed by atoms with Crippen LogP contribution in [-0.2, 0) is 20.0 Å². The number of aliphatic hydroxyl groups is 1. The Bertz CT molecular complexity index is 1100. The Morgan fingerprint density at radius 1 is 1.06 bits per heavy atom. The summed E-state index contributed by atoms with van der Waals surface area (Å²) < 4.78 is 18.6. The molecule has 3 aromatic rings. The topological polar surface area (TPSA) is 63.7 Å². The number of hydrogen-bond donors (Lipinski definition) is 2. The van der Waals surface area contributed by atoms with Crippen molar-refractivity contribution in [3.63, 3.8) is 0 Å². The molecule has 2 fully saturated rings. The molecule has 0 aliphatic carbocycles. The number of halogens is 2. The van der Waals surface area contributed by atoms with Crippen molar-refractivity contribution in [2.75, 3.05) is 6.61 Å². The van der Waals surface area contributed by atoms with Gasteiger partial charge in [-0.1, -0.05) is 53.5 Å². The molecule has 0 bridgehead atoms. The van der Waals surface area contributed by atoms with Crippen LogP contribution >= 0.6 is 35.0 Å². The number of nitrogens with one attached hydrogen (secondary N) is 1. The highest BCUT2D eigenvalue weighted by Gasteiger charge is 2.56. The number of thioether (sulfide) groups is 1. The van der Waals surface area contributed by atoms with Crippen LogP contribution in [-0.4, -0.2) is 40.8 Å². The third-order valence-corrected chi connectivity index (χ3v) is 7.49. The highest BCUT2D eigenvalue weighted by molar-refractivity contribution is 7.98. The van der Waals surface area contributed by atoms with Gasteiger partial charge in [-0.3, -0.25) is 0 Å². The van der Waals surface area contributed by atoms with Gasteiger partial charge in [-0.2, -0.15) is 0 Å². The minimum absolute atomic E-state index is 0.140. The highest BCUT2D eigenvalue weighted by atomic mass is 35.5. The molecule has 2 aromatic carbocycles. The van der Waals surface area contributed by atoms with Gasteiger partial charge in [0.2, 0.25) is 0 Å². The van der Waals surface area contributed by atoms with E-state index in [1.807, 2.05) is 44.2 Å². The van der Waals surface area contributed by atoms with Crippen LogP contribution in [0.15, 0.2) is 47.5 Å². The molecule has 0 radical (unpaired) electrons. The number of aromatic amines is 1. The van der Waals surface area contributed by atoms with E-state index in [4.69, 9.17) is 37.4 Å². The van der Waals surface area contributed by atoms with E-state index in [9.17, 15) is 5.11 Å². The molecular weight excluding hydrogens is 457 g/mol. The molecule has 2 saturated heterocycles. The van der Waals surface area contributed by atoms with E-state index in [1.165, 1.54) is 5.56 Å². The number of aromatic nitrogens is 1. The monoisotopic (exact) mass is 479 g/mol. The minimum atomic E-state index is -0.741. The zero-order valence-electron chi connectivity index (χ0n) is 17.1. The molecule has 8 heteroatoms. The maximum absolute atomic E-state index is 9.90. The lowest BCUT2D eigenvalue weighted by atomic mass is 10.0. The molecule has 0 unspecified atom stereocenters. The molecule has 5 rings (SSSR count). The van der Waals surface area contributed by atoms with Crippen LogP contribution < -0.4 is 0 Å². The summed E-state index contributed by atoms with van der Waals surface area (Å²) in [6, 6.07) is 14.0. The predicted molar refractivity (Wildman–Crippen MR) is 123 cm³/mol. The number of fused-ring (bicyclic) bond motifs is 2. The Balaban J connectivity index is 1.58. The first kappa shape index (κ1) is 21.6. The van der Waals surface area contributed by atoms with Gasteiger partial charge in [0.1, 0.15) is 24.4 Å². The van der Waals surface area contributed by atoms with Crippen molar-refractivity contribution < 1.29 is 19.3 Å². The molecule has 4 atom stereocenters. The third-order valence-electron chi connectivity index (χ3n) is 5.68. The van der Waals surface area contributed by atoms with Gasteiger partial charge in [0.25, 0.3) is 0 Å². The fraction of sp³-hybridized carbons (Fsp3) is 0.391. The lowest BCUT2D eigenvalue weighted by Crippen LogP contribution is -2.31. The molecule has 31 heavy (non-hydrogen) atoms. The second kappa shape index (κ2) is 8.27. The Labute approximate surface area is 195 Å². The minimum Gasteiger partial charge on any atom is -0.394 e. The molecular formula is C23H23Cl2NO4S. The van der Waals surface area contributed by atoms with Gasteiger partial charge in [-0.15, -0.1) is 11.8 Å². The Kier molecular flexibility index (Phi) is 5.76. The fourth-order valence-corrected chi connectivity index (χ4v) is 5.77. The quantitative estimate of drug-likeness (QED) is 0.458. The van der Waals surface area contributed by atoms with Crippen LogP contribution in [0.4, 0.5) is 0 Å². The van der Waals surface area contributed by atoms with E-state index in [0.29, 0.717) is 10.0 Å². The van der Waals surface area contributed by atoms with E-state index in [0.717, 1.165) is 27.2 Å². The van der Waals surface area contributed by atoms with E-state index < -0.39 is 18.0 Å². The Morgan fingerprint density at radius 3 is 2.52 bits per heavy atom. The van der Waals surface area contributed by atoms with Crippen molar-refractivity contribution in [1.29, 1.82) is 0 Å². The molecule has 2 aliphatic heterocycles. The standard InChI is InChI=1S/C23H23Cl2NO4S/c1-23(2)29-19-17(10-27)28-20(21(19)30-23)18-13-8-14(24)15(25)9-16(13)26-22(18)31-11-12-6-4-3-5-7-12/h3-9,17,19-21,26-27H,10-11H2,1-2H3/t17-,19-,20-,21-/m1/s1. The summed E-state index contributed by atoms with van der Waals surface area (Å²) in [5.41, 5.74) is 3.06. The highest BCUT2D eigenvalue weighted by Crippen LogP contribution is 2.49. The van der Waals surface area contributed by atoms with Gasteiger partial charge in [-0.05, 0) is 31.5 Å². The molecule has 164 valence electrons. The Morgan fingerprint density at radius 2 is 1.77 bits per heavy atom. The first-order chi connectivity index (χ1) is 14.9. The molecule has 1 aromatic heterocycles. The average molecular weight is 480 g/mol. The second-order valence-electron chi connectivity index (χ2n) is 8.30. The van der Waals surface area contributed by atoms with Crippen LogP contribution in [0.1, 0.15) is 31.1 Å². The fourth-order valence-electron chi connectivity index (χ4n) is 4.37. The summed E-state index contributed by atoms with van der Waals surface area (Å²) >= 11 is 14.3. The van der Waals surface area contributed by atoms with Crippen molar-refractivity contribution in [1.82, 2.24) is 4.98 Å². The second-order valence-corrected chi connectivity index (χ2v) is 10.1. The van der Waals surface area contributed by atoms with Crippen molar-refractivity contribution in [2.45, 2.75) is 54.8 Å². The SMILES string of the molecule is CC1(C)O[C@@H]2[C@H](O1)[C@@H](CO)O[C@@H]2c1c(SCc2ccccc2)[nH]c2cc(Cl)c(Cl)cc12. The van der Waals surface area contributed by atoms with E-state index in [1.54, 1.807) is 11.8 Å².